The van der Waals surface area contributed by atoms with Crippen LogP contribution in [0, 0.1) is 0 Å². The first-order valence-electron chi connectivity index (χ1n) is 4.67. The number of amides is 1. The number of rotatable bonds is 4. The van der Waals surface area contributed by atoms with E-state index >= 15 is 0 Å². The first-order valence-corrected chi connectivity index (χ1v) is 5.42. The molecule has 5 heteroatoms. The van der Waals surface area contributed by atoms with Crippen molar-refractivity contribution < 1.29 is 9.53 Å². The van der Waals surface area contributed by atoms with Gasteiger partial charge in [0.05, 0.1) is 12.9 Å². The molecule has 16 heavy (non-hydrogen) atoms. The van der Waals surface area contributed by atoms with Gasteiger partial charge in [0, 0.05) is 21.8 Å². The van der Waals surface area contributed by atoms with Gasteiger partial charge in [0.15, 0.2) is 0 Å². The van der Waals surface area contributed by atoms with E-state index in [1.165, 1.54) is 12.3 Å². The van der Waals surface area contributed by atoms with Gasteiger partial charge >= 0.3 is 0 Å². The third kappa shape index (κ3) is 4.55. The van der Waals surface area contributed by atoms with Crippen LogP contribution in [-0.2, 0) is 9.53 Å². The molecule has 0 fully saturated rings. The van der Waals surface area contributed by atoms with Crippen molar-refractivity contribution in [1.82, 2.24) is 0 Å². The minimum atomic E-state index is -0.299. The molecule has 0 aromatic heterocycles. The lowest BCUT2D eigenvalue weighted by Gasteiger charge is -2.03. The van der Waals surface area contributed by atoms with Crippen LogP contribution in [0.25, 0.3) is 0 Å². The molecule has 0 saturated heterocycles. The molecule has 0 atom stereocenters. The first kappa shape index (κ1) is 12.9. The van der Waals surface area contributed by atoms with Crippen LogP contribution in [0.15, 0.2) is 30.5 Å². The van der Waals surface area contributed by atoms with Crippen molar-refractivity contribution in [2.45, 2.75) is 6.92 Å². The van der Waals surface area contributed by atoms with E-state index in [0.29, 0.717) is 22.3 Å². The highest BCUT2D eigenvalue weighted by Gasteiger charge is 2.00. The monoisotopic (exact) mass is 259 g/mol. The average molecular weight is 260 g/mol. The van der Waals surface area contributed by atoms with Crippen molar-refractivity contribution in [3.05, 3.63) is 40.6 Å². The second-order valence-electron chi connectivity index (χ2n) is 2.91. The Morgan fingerprint density at radius 2 is 2.00 bits per heavy atom. The summed E-state index contributed by atoms with van der Waals surface area (Å²) in [7, 11) is 0. The van der Waals surface area contributed by atoms with E-state index in [2.05, 4.69) is 5.32 Å². The molecule has 1 rings (SSSR count). The summed E-state index contributed by atoms with van der Waals surface area (Å²) < 4.78 is 4.90. The van der Waals surface area contributed by atoms with E-state index in [1.54, 1.807) is 18.2 Å². The van der Waals surface area contributed by atoms with E-state index in [1.807, 2.05) is 6.92 Å². The van der Waals surface area contributed by atoms with Gasteiger partial charge in [0.25, 0.3) is 5.91 Å². The van der Waals surface area contributed by atoms with Crippen LogP contribution in [0.1, 0.15) is 6.92 Å². The molecule has 1 aromatic carbocycles. The van der Waals surface area contributed by atoms with Crippen LogP contribution in [0.4, 0.5) is 5.69 Å². The van der Waals surface area contributed by atoms with Crippen LogP contribution in [-0.4, -0.2) is 12.5 Å². The van der Waals surface area contributed by atoms with Gasteiger partial charge < -0.3 is 10.1 Å². The zero-order valence-corrected chi connectivity index (χ0v) is 10.2. The number of carbonyl (C=O) groups excluding carboxylic acids is 1. The SMILES string of the molecule is CCO/C=C/C(=O)Nc1cc(Cl)cc(Cl)c1. The molecule has 86 valence electrons. The number of benzene rings is 1. The fourth-order valence-electron chi connectivity index (χ4n) is 1.02. The molecular formula is C11H11Cl2NO2. The highest BCUT2D eigenvalue weighted by atomic mass is 35.5. The van der Waals surface area contributed by atoms with E-state index in [4.69, 9.17) is 27.9 Å². The minimum Gasteiger partial charge on any atom is -0.501 e. The highest BCUT2D eigenvalue weighted by Crippen LogP contribution is 2.22. The summed E-state index contributed by atoms with van der Waals surface area (Å²) in [5.74, 6) is -0.299. The molecule has 1 amide bonds. The van der Waals surface area contributed by atoms with E-state index in [9.17, 15) is 4.79 Å². The number of nitrogens with one attached hydrogen (secondary N) is 1. The van der Waals surface area contributed by atoms with Gasteiger partial charge in [0.1, 0.15) is 0 Å². The van der Waals surface area contributed by atoms with Gasteiger partial charge in [-0.2, -0.15) is 0 Å². The molecule has 0 unspecified atom stereocenters. The lowest BCUT2D eigenvalue weighted by atomic mass is 10.3. The Bertz CT molecular complexity index is 385. The van der Waals surface area contributed by atoms with E-state index in [-0.39, 0.29) is 5.91 Å². The number of hydrogen-bond acceptors (Lipinski definition) is 2. The summed E-state index contributed by atoms with van der Waals surface area (Å²) in [6, 6.07) is 4.81. The fraction of sp³-hybridized carbons (Fsp3) is 0.182. The molecule has 0 aliphatic heterocycles. The zero-order valence-electron chi connectivity index (χ0n) is 8.67. The summed E-state index contributed by atoms with van der Waals surface area (Å²) in [4.78, 5) is 11.3. The fourth-order valence-corrected chi connectivity index (χ4v) is 1.54. The standard InChI is InChI=1S/C11H11Cl2NO2/c1-2-16-4-3-11(15)14-10-6-8(12)5-9(13)7-10/h3-7H,2H2,1H3,(H,14,15)/b4-3+. The van der Waals surface area contributed by atoms with Gasteiger partial charge in [-0.15, -0.1) is 0 Å². The Kier molecular flexibility index (Phi) is 5.15. The van der Waals surface area contributed by atoms with Crippen LogP contribution in [0.2, 0.25) is 10.0 Å². The molecule has 0 heterocycles. The second kappa shape index (κ2) is 6.40. The number of hydrogen-bond donors (Lipinski definition) is 1. The third-order valence-electron chi connectivity index (χ3n) is 1.61. The normalized spacial score (nSPS) is 10.4. The number of halogens is 2. The predicted molar refractivity (Wildman–Crippen MR) is 65.9 cm³/mol. The van der Waals surface area contributed by atoms with Gasteiger partial charge in [-0.05, 0) is 25.1 Å². The summed E-state index contributed by atoms with van der Waals surface area (Å²) in [6.45, 7) is 2.35. The Morgan fingerprint density at radius 1 is 1.38 bits per heavy atom. The van der Waals surface area contributed by atoms with Crippen molar-refractivity contribution in [3.63, 3.8) is 0 Å². The lowest BCUT2D eigenvalue weighted by molar-refractivity contribution is -0.112. The molecule has 1 N–H and O–H groups in total. The van der Waals surface area contributed by atoms with Crippen molar-refractivity contribution in [1.29, 1.82) is 0 Å². The van der Waals surface area contributed by atoms with Crippen molar-refractivity contribution in [2.75, 3.05) is 11.9 Å². The highest BCUT2D eigenvalue weighted by molar-refractivity contribution is 6.35. The van der Waals surface area contributed by atoms with Crippen molar-refractivity contribution in [3.8, 4) is 0 Å². The molecular weight excluding hydrogens is 249 g/mol. The predicted octanol–water partition coefficient (Wildman–Crippen LogP) is 3.48. The lowest BCUT2D eigenvalue weighted by Crippen LogP contribution is -2.07. The number of ether oxygens (including phenoxy) is 1. The Hall–Kier alpha value is -1.19. The number of carbonyl (C=O) groups is 1. The summed E-state index contributed by atoms with van der Waals surface area (Å²) >= 11 is 11.6. The maximum atomic E-state index is 11.3. The van der Waals surface area contributed by atoms with Crippen molar-refractivity contribution >= 4 is 34.8 Å². The molecule has 0 spiro atoms. The topological polar surface area (TPSA) is 38.3 Å². The maximum Gasteiger partial charge on any atom is 0.251 e. The van der Waals surface area contributed by atoms with Crippen molar-refractivity contribution in [2.24, 2.45) is 0 Å². The third-order valence-corrected chi connectivity index (χ3v) is 2.05. The van der Waals surface area contributed by atoms with Gasteiger partial charge in [-0.25, -0.2) is 0 Å². The molecule has 3 nitrogen and oxygen atoms in total. The maximum absolute atomic E-state index is 11.3. The zero-order chi connectivity index (χ0) is 12.0. The smallest absolute Gasteiger partial charge is 0.251 e. The Morgan fingerprint density at radius 3 is 2.56 bits per heavy atom. The summed E-state index contributed by atoms with van der Waals surface area (Å²) in [5, 5.41) is 3.55. The largest absolute Gasteiger partial charge is 0.501 e. The Labute approximate surface area is 104 Å². The second-order valence-corrected chi connectivity index (χ2v) is 3.78. The van der Waals surface area contributed by atoms with E-state index in [0.717, 1.165) is 0 Å². The van der Waals surface area contributed by atoms with Crippen LogP contribution >= 0.6 is 23.2 Å². The molecule has 0 aliphatic rings. The van der Waals surface area contributed by atoms with Crippen LogP contribution in [0.3, 0.4) is 0 Å². The Balaban J connectivity index is 2.62. The average Bonchev–Trinajstić information content (AvgIpc) is 2.16. The quantitative estimate of drug-likeness (QED) is 0.664. The summed E-state index contributed by atoms with van der Waals surface area (Å²) in [6.07, 6.45) is 2.62. The molecule has 0 aliphatic carbocycles. The van der Waals surface area contributed by atoms with Crippen LogP contribution in [0.5, 0.6) is 0 Å². The molecule has 0 bridgehead atoms. The van der Waals surface area contributed by atoms with Gasteiger partial charge in [-0.3, -0.25) is 4.79 Å². The molecule has 0 radical (unpaired) electrons. The van der Waals surface area contributed by atoms with Crippen LogP contribution < -0.4 is 5.32 Å². The summed E-state index contributed by atoms with van der Waals surface area (Å²) in [5.41, 5.74) is 0.545. The molecule has 1 aromatic rings. The van der Waals surface area contributed by atoms with Gasteiger partial charge in [-0.1, -0.05) is 23.2 Å². The first-order chi connectivity index (χ1) is 7.61. The number of anilines is 1. The minimum absolute atomic E-state index is 0.299. The van der Waals surface area contributed by atoms with E-state index < -0.39 is 0 Å². The molecule has 0 saturated carbocycles. The van der Waals surface area contributed by atoms with Gasteiger partial charge in [0.2, 0.25) is 0 Å².